The van der Waals surface area contributed by atoms with Crippen LogP contribution in [-0.2, 0) is 11.8 Å². The lowest BCUT2D eigenvalue weighted by Crippen LogP contribution is -2.60. The molecule has 1 heterocycles. The minimum Gasteiger partial charge on any atom is -0.350 e. The van der Waals surface area contributed by atoms with E-state index in [-0.39, 0.29) is 17.3 Å². The van der Waals surface area contributed by atoms with E-state index >= 15 is 0 Å². The van der Waals surface area contributed by atoms with Crippen LogP contribution in [0.1, 0.15) is 38.5 Å². The zero-order chi connectivity index (χ0) is 19.3. The molecule has 0 atom stereocenters. The molecule has 0 saturated heterocycles. The highest BCUT2D eigenvalue weighted by Crippen LogP contribution is 2.55. The van der Waals surface area contributed by atoms with Crippen molar-refractivity contribution in [3.63, 3.8) is 0 Å². The Bertz CT molecular complexity index is 859. The third-order valence-electron chi connectivity index (χ3n) is 6.71. The highest BCUT2D eigenvalue weighted by molar-refractivity contribution is 7.99. The summed E-state index contributed by atoms with van der Waals surface area (Å²) in [5.41, 5.74) is 0.854. The predicted octanol–water partition coefficient (Wildman–Crippen LogP) is 3.80. The Kier molecular flexibility index (Phi) is 4.45. The molecule has 2 aromatic rings. The molecule has 0 aliphatic heterocycles. The maximum Gasteiger partial charge on any atom is 0.230 e. The van der Waals surface area contributed by atoms with Gasteiger partial charge in [-0.05, 0) is 80.5 Å². The molecule has 0 spiro atoms. The summed E-state index contributed by atoms with van der Waals surface area (Å²) in [5.74, 6) is 3.28. The van der Waals surface area contributed by atoms with Gasteiger partial charge in [0, 0.05) is 18.2 Å². The predicted molar refractivity (Wildman–Crippen MR) is 106 cm³/mol. The van der Waals surface area contributed by atoms with E-state index in [4.69, 9.17) is 0 Å². The third kappa shape index (κ3) is 3.34. The second kappa shape index (κ2) is 6.87. The van der Waals surface area contributed by atoms with Gasteiger partial charge in [-0.3, -0.25) is 4.79 Å². The van der Waals surface area contributed by atoms with E-state index in [1.807, 2.05) is 11.6 Å². The maximum absolute atomic E-state index is 13.1. The highest BCUT2D eigenvalue weighted by Gasteiger charge is 2.51. The first kappa shape index (κ1) is 18.2. The molecule has 0 unspecified atom stereocenters. The molecule has 4 aliphatic carbocycles. The molecule has 4 saturated carbocycles. The standard InChI is InChI=1S/C21H25FN4OS/c1-26-19(16-2-4-17(22)5-3-16)24-25-20(26)28-12-18(27)23-21-9-13-6-14(10-21)8-15(7-13)11-21/h2-5,13-15H,6-12H2,1H3,(H,23,27). The monoisotopic (exact) mass is 400 g/mol. The summed E-state index contributed by atoms with van der Waals surface area (Å²) < 4.78 is 15.0. The molecular formula is C21H25FN4OS. The van der Waals surface area contributed by atoms with Gasteiger partial charge >= 0.3 is 0 Å². The molecule has 28 heavy (non-hydrogen) atoms. The van der Waals surface area contributed by atoms with Gasteiger partial charge in [-0.2, -0.15) is 0 Å². The van der Waals surface area contributed by atoms with E-state index < -0.39 is 0 Å². The van der Waals surface area contributed by atoms with Crippen molar-refractivity contribution in [2.45, 2.75) is 49.2 Å². The summed E-state index contributed by atoms with van der Waals surface area (Å²) in [6, 6.07) is 6.20. The van der Waals surface area contributed by atoms with E-state index in [0.717, 1.165) is 42.6 Å². The summed E-state index contributed by atoms with van der Waals surface area (Å²) in [6.45, 7) is 0. The second-order valence-electron chi connectivity index (χ2n) is 8.91. The van der Waals surface area contributed by atoms with Crippen LogP contribution >= 0.6 is 11.8 Å². The SMILES string of the molecule is Cn1c(SCC(=O)NC23CC4CC(CC(C4)C2)C3)nnc1-c1ccc(F)cc1. The second-order valence-corrected chi connectivity index (χ2v) is 9.85. The number of aromatic nitrogens is 3. The molecule has 5 nitrogen and oxygen atoms in total. The number of nitrogens with zero attached hydrogens (tertiary/aromatic N) is 3. The number of rotatable bonds is 5. The number of hydrogen-bond donors (Lipinski definition) is 1. The molecule has 6 rings (SSSR count). The lowest BCUT2D eigenvalue weighted by Gasteiger charge is -2.56. The van der Waals surface area contributed by atoms with Crippen molar-refractivity contribution in [1.82, 2.24) is 20.1 Å². The van der Waals surface area contributed by atoms with Crippen molar-refractivity contribution < 1.29 is 9.18 Å². The van der Waals surface area contributed by atoms with Crippen LogP contribution in [0.25, 0.3) is 11.4 Å². The molecule has 1 aromatic heterocycles. The number of halogens is 1. The zero-order valence-corrected chi connectivity index (χ0v) is 16.8. The quantitative estimate of drug-likeness (QED) is 0.776. The molecule has 1 N–H and O–H groups in total. The summed E-state index contributed by atoms with van der Waals surface area (Å²) in [5, 5.41) is 12.5. The van der Waals surface area contributed by atoms with E-state index in [9.17, 15) is 9.18 Å². The first-order valence-corrected chi connectivity index (χ1v) is 11.1. The van der Waals surface area contributed by atoms with Gasteiger partial charge in [0.1, 0.15) is 5.82 Å². The van der Waals surface area contributed by atoms with Gasteiger partial charge in [0.2, 0.25) is 5.91 Å². The van der Waals surface area contributed by atoms with Gasteiger partial charge in [0.25, 0.3) is 0 Å². The van der Waals surface area contributed by atoms with Crippen LogP contribution in [0.5, 0.6) is 0 Å². The summed E-state index contributed by atoms with van der Waals surface area (Å²) >= 11 is 1.41. The Balaban J connectivity index is 1.22. The number of carbonyl (C=O) groups is 1. The molecule has 1 aromatic carbocycles. The van der Waals surface area contributed by atoms with Crippen LogP contribution in [0.3, 0.4) is 0 Å². The van der Waals surface area contributed by atoms with Crippen LogP contribution in [0.15, 0.2) is 29.4 Å². The van der Waals surface area contributed by atoms with Gasteiger partial charge in [-0.1, -0.05) is 11.8 Å². The van der Waals surface area contributed by atoms with Crippen molar-refractivity contribution >= 4 is 17.7 Å². The first-order valence-electron chi connectivity index (χ1n) is 10.1. The van der Waals surface area contributed by atoms with E-state index in [1.54, 1.807) is 12.1 Å². The normalized spacial score (nSPS) is 30.6. The molecule has 7 heteroatoms. The number of thioether (sulfide) groups is 1. The highest BCUT2D eigenvalue weighted by atomic mass is 32.2. The Morgan fingerprint density at radius 2 is 1.75 bits per heavy atom. The fourth-order valence-corrected chi connectivity index (χ4v) is 6.73. The van der Waals surface area contributed by atoms with Crippen molar-refractivity contribution in [3.8, 4) is 11.4 Å². The average molecular weight is 401 g/mol. The van der Waals surface area contributed by atoms with Crippen molar-refractivity contribution in [2.75, 3.05) is 5.75 Å². The smallest absolute Gasteiger partial charge is 0.230 e. The van der Waals surface area contributed by atoms with Crippen molar-refractivity contribution in [1.29, 1.82) is 0 Å². The van der Waals surface area contributed by atoms with Crippen LogP contribution in [0.4, 0.5) is 4.39 Å². The summed E-state index contributed by atoms with van der Waals surface area (Å²) in [6.07, 6.45) is 7.59. The average Bonchev–Trinajstić information content (AvgIpc) is 3.00. The van der Waals surface area contributed by atoms with Gasteiger partial charge in [-0.25, -0.2) is 4.39 Å². The van der Waals surface area contributed by atoms with Crippen LogP contribution in [0, 0.1) is 23.6 Å². The summed E-state index contributed by atoms with van der Waals surface area (Å²) in [4.78, 5) is 12.7. The first-order chi connectivity index (χ1) is 13.5. The van der Waals surface area contributed by atoms with Crippen LogP contribution < -0.4 is 5.32 Å². The van der Waals surface area contributed by atoms with Crippen molar-refractivity contribution in [3.05, 3.63) is 30.1 Å². The van der Waals surface area contributed by atoms with Gasteiger partial charge in [-0.15, -0.1) is 10.2 Å². The minimum atomic E-state index is -0.276. The molecule has 4 fully saturated rings. The number of nitrogens with one attached hydrogen (secondary N) is 1. The molecule has 4 bridgehead atoms. The van der Waals surface area contributed by atoms with E-state index in [2.05, 4.69) is 15.5 Å². The third-order valence-corrected chi connectivity index (χ3v) is 7.73. The maximum atomic E-state index is 13.1. The number of carbonyl (C=O) groups excluding carboxylic acids is 1. The molecule has 1 amide bonds. The number of amides is 1. The van der Waals surface area contributed by atoms with Gasteiger partial charge < -0.3 is 9.88 Å². The Hall–Kier alpha value is -1.89. The van der Waals surface area contributed by atoms with Crippen molar-refractivity contribution in [2.24, 2.45) is 24.8 Å². The zero-order valence-electron chi connectivity index (χ0n) is 16.0. The fraction of sp³-hybridized carbons (Fsp3) is 0.571. The molecule has 0 radical (unpaired) electrons. The topological polar surface area (TPSA) is 59.8 Å². The minimum absolute atomic E-state index is 0.0472. The largest absolute Gasteiger partial charge is 0.350 e. The van der Waals surface area contributed by atoms with Crippen LogP contribution in [0.2, 0.25) is 0 Å². The lowest BCUT2D eigenvalue weighted by atomic mass is 9.53. The number of benzene rings is 1. The van der Waals surface area contributed by atoms with E-state index in [1.165, 1.54) is 43.2 Å². The Morgan fingerprint density at radius 3 is 2.36 bits per heavy atom. The Labute approximate surface area is 168 Å². The molecular weight excluding hydrogens is 375 g/mol. The number of hydrogen-bond acceptors (Lipinski definition) is 4. The van der Waals surface area contributed by atoms with Gasteiger partial charge in [0.15, 0.2) is 11.0 Å². The fourth-order valence-electron chi connectivity index (χ4n) is 6.02. The van der Waals surface area contributed by atoms with Gasteiger partial charge in [0.05, 0.1) is 5.75 Å². The lowest BCUT2D eigenvalue weighted by molar-refractivity contribution is -0.124. The molecule has 148 valence electrons. The van der Waals surface area contributed by atoms with E-state index in [0.29, 0.717) is 16.7 Å². The Morgan fingerprint density at radius 1 is 1.14 bits per heavy atom. The molecule has 4 aliphatic rings. The van der Waals surface area contributed by atoms with Crippen LogP contribution in [-0.4, -0.2) is 32.0 Å². The summed E-state index contributed by atoms with van der Waals surface area (Å²) in [7, 11) is 1.87.